The first-order valence-corrected chi connectivity index (χ1v) is 3.61. The third-order valence-corrected chi connectivity index (χ3v) is 1.80. The van der Waals surface area contributed by atoms with Gasteiger partial charge in [0.05, 0.1) is 5.22 Å². The molecule has 0 spiro atoms. The second-order valence-corrected chi connectivity index (χ2v) is 2.72. The van der Waals surface area contributed by atoms with Crippen molar-refractivity contribution in [1.29, 1.82) is 0 Å². The standard InChI is InChI=1S/C6H5ClN4O/c7-5-3-1-11(12)2-4(3)9-6(8)10-5/h1-2,11H,(H2,8,9). The van der Waals surface area contributed by atoms with E-state index < -0.39 is 0 Å². The maximum Gasteiger partial charge on any atom is 0.222 e. The van der Waals surface area contributed by atoms with Crippen molar-refractivity contribution in [3.63, 3.8) is 0 Å². The molecule has 1 aromatic heterocycles. The first-order valence-electron chi connectivity index (χ1n) is 3.23. The van der Waals surface area contributed by atoms with Crippen LogP contribution in [0.2, 0.25) is 5.15 Å². The zero-order chi connectivity index (χ0) is 8.72. The lowest BCUT2D eigenvalue weighted by Gasteiger charge is -2.04. The maximum absolute atomic E-state index is 10.9. The number of nitrogen functional groups attached to an aromatic ring is 1. The lowest BCUT2D eigenvalue weighted by molar-refractivity contribution is -0.660. The summed E-state index contributed by atoms with van der Waals surface area (Å²) in [5.74, 6) is 0.0816. The average molecular weight is 185 g/mol. The number of hydrogen-bond acceptors (Lipinski definition) is 4. The lowest BCUT2D eigenvalue weighted by Crippen LogP contribution is -2.95. The molecule has 1 aliphatic rings. The summed E-state index contributed by atoms with van der Waals surface area (Å²) >= 11 is 5.71. The van der Waals surface area contributed by atoms with Crippen LogP contribution in [0.1, 0.15) is 0 Å². The molecule has 0 amide bonds. The fourth-order valence-corrected chi connectivity index (χ4v) is 1.28. The Morgan fingerprint density at radius 3 is 2.92 bits per heavy atom. The monoisotopic (exact) mass is 184 g/mol. The van der Waals surface area contributed by atoms with Gasteiger partial charge in [-0.05, 0) is 0 Å². The highest BCUT2D eigenvalue weighted by Gasteiger charge is 2.07. The van der Waals surface area contributed by atoms with Crippen molar-refractivity contribution < 1.29 is 5.06 Å². The summed E-state index contributed by atoms with van der Waals surface area (Å²) in [6.07, 6.45) is 2.76. The molecule has 0 aliphatic carbocycles. The molecule has 0 saturated carbocycles. The van der Waals surface area contributed by atoms with Crippen molar-refractivity contribution in [2.45, 2.75) is 0 Å². The SMILES string of the molecule is Nc1nc(Cl)c2c(n1)=C[NH+]([O-])C=2. The van der Waals surface area contributed by atoms with Gasteiger partial charge < -0.3 is 16.0 Å². The number of anilines is 1. The Bertz CT molecular complexity index is 444. The van der Waals surface area contributed by atoms with Crippen LogP contribution >= 0.6 is 11.6 Å². The molecule has 3 N–H and O–H groups in total. The predicted molar refractivity (Wildman–Crippen MR) is 44.0 cm³/mol. The molecule has 0 bridgehead atoms. The number of halogens is 1. The molecule has 1 aliphatic heterocycles. The summed E-state index contributed by atoms with van der Waals surface area (Å²) in [6.45, 7) is 0. The molecule has 1 atom stereocenters. The number of nitrogens with zero attached hydrogens (tertiary/aromatic N) is 2. The third-order valence-electron chi connectivity index (χ3n) is 1.51. The number of nitrogens with one attached hydrogen (secondary N) is 1. The van der Waals surface area contributed by atoms with E-state index in [2.05, 4.69) is 9.97 Å². The van der Waals surface area contributed by atoms with Crippen molar-refractivity contribution in [3.05, 3.63) is 20.9 Å². The maximum atomic E-state index is 10.9. The van der Waals surface area contributed by atoms with E-state index in [4.69, 9.17) is 17.3 Å². The minimum absolute atomic E-state index is 0.0816. The molecule has 0 aromatic carbocycles. The van der Waals surface area contributed by atoms with Crippen LogP contribution in [0.25, 0.3) is 12.4 Å². The summed E-state index contributed by atoms with van der Waals surface area (Å²) in [5, 5.41) is 12.0. The summed E-state index contributed by atoms with van der Waals surface area (Å²) in [6, 6.07) is 0. The van der Waals surface area contributed by atoms with Gasteiger partial charge in [0.2, 0.25) is 5.95 Å². The van der Waals surface area contributed by atoms with E-state index in [0.29, 0.717) is 10.6 Å². The Balaban J connectivity index is 2.86. The largest absolute Gasteiger partial charge is 0.624 e. The van der Waals surface area contributed by atoms with Crippen LogP contribution in [-0.2, 0) is 0 Å². The molecule has 1 unspecified atom stereocenters. The van der Waals surface area contributed by atoms with Gasteiger partial charge in [-0.1, -0.05) is 11.6 Å². The van der Waals surface area contributed by atoms with E-state index in [1.54, 1.807) is 0 Å². The smallest absolute Gasteiger partial charge is 0.222 e. The predicted octanol–water partition coefficient (Wildman–Crippen LogP) is -2.42. The van der Waals surface area contributed by atoms with Crippen LogP contribution in [0.3, 0.4) is 0 Å². The highest BCUT2D eigenvalue weighted by atomic mass is 35.5. The van der Waals surface area contributed by atoms with Gasteiger partial charge in [-0.15, -0.1) is 0 Å². The topological polar surface area (TPSA) is 79.3 Å². The summed E-state index contributed by atoms with van der Waals surface area (Å²) in [5.41, 5.74) is 5.33. The van der Waals surface area contributed by atoms with Crippen molar-refractivity contribution in [2.75, 3.05) is 5.73 Å². The zero-order valence-corrected chi connectivity index (χ0v) is 6.67. The molecule has 0 saturated heterocycles. The Morgan fingerprint density at radius 1 is 1.42 bits per heavy atom. The molecule has 2 heterocycles. The molecule has 5 nitrogen and oxygen atoms in total. The van der Waals surface area contributed by atoms with Crippen LogP contribution in [0.4, 0.5) is 5.95 Å². The Labute approximate surface area is 72.4 Å². The minimum atomic E-state index is -0.133. The Hall–Kier alpha value is -1.17. The number of quaternary nitrogens is 1. The van der Waals surface area contributed by atoms with E-state index in [-0.39, 0.29) is 16.2 Å². The normalized spacial score (nSPS) is 19.7. The van der Waals surface area contributed by atoms with Gasteiger partial charge >= 0.3 is 0 Å². The summed E-state index contributed by atoms with van der Waals surface area (Å²) < 4.78 is 0. The van der Waals surface area contributed by atoms with Gasteiger partial charge in [0.15, 0.2) is 0 Å². The quantitative estimate of drug-likeness (QED) is 0.348. The Kier molecular flexibility index (Phi) is 1.50. The van der Waals surface area contributed by atoms with Crippen LogP contribution < -0.4 is 21.4 Å². The van der Waals surface area contributed by atoms with Gasteiger partial charge in [0.1, 0.15) is 22.9 Å². The van der Waals surface area contributed by atoms with Gasteiger partial charge in [0, 0.05) is 0 Å². The third kappa shape index (κ3) is 1.04. The molecule has 12 heavy (non-hydrogen) atoms. The lowest BCUT2D eigenvalue weighted by atomic mass is 10.5. The van der Waals surface area contributed by atoms with Crippen molar-refractivity contribution in [3.8, 4) is 0 Å². The molecule has 0 radical (unpaired) electrons. The number of rotatable bonds is 0. The first-order chi connectivity index (χ1) is 5.66. The first kappa shape index (κ1) is 7.48. The van der Waals surface area contributed by atoms with Crippen LogP contribution in [-0.4, -0.2) is 9.97 Å². The minimum Gasteiger partial charge on any atom is -0.624 e. The molecule has 62 valence electrons. The van der Waals surface area contributed by atoms with Gasteiger partial charge in [-0.25, -0.2) is 9.97 Å². The summed E-state index contributed by atoms with van der Waals surface area (Å²) in [4.78, 5) is 7.55. The average Bonchev–Trinajstić information content (AvgIpc) is 2.29. The molecular formula is C6H5ClN4O. The van der Waals surface area contributed by atoms with Crippen LogP contribution in [0.15, 0.2) is 0 Å². The van der Waals surface area contributed by atoms with E-state index in [9.17, 15) is 5.21 Å². The second-order valence-electron chi connectivity index (χ2n) is 2.36. The highest BCUT2D eigenvalue weighted by Crippen LogP contribution is 1.94. The van der Waals surface area contributed by atoms with Crippen molar-refractivity contribution in [2.24, 2.45) is 0 Å². The summed E-state index contributed by atoms with van der Waals surface area (Å²) in [7, 11) is 0. The van der Waals surface area contributed by atoms with E-state index in [0.717, 1.165) is 0 Å². The number of fused-ring (bicyclic) bond motifs is 1. The molecule has 6 heteroatoms. The molecule has 0 fully saturated rings. The second kappa shape index (κ2) is 2.41. The number of nitrogens with two attached hydrogens (primary N) is 1. The molecule has 2 rings (SSSR count). The van der Waals surface area contributed by atoms with Gasteiger partial charge in [-0.2, -0.15) is 0 Å². The molecule has 1 aromatic rings. The number of hydroxylamine groups is 2. The van der Waals surface area contributed by atoms with Crippen molar-refractivity contribution in [1.82, 2.24) is 9.97 Å². The van der Waals surface area contributed by atoms with Crippen molar-refractivity contribution >= 4 is 29.9 Å². The molecular weight excluding hydrogens is 180 g/mol. The number of hydrogen-bond donors (Lipinski definition) is 2. The fourth-order valence-electron chi connectivity index (χ4n) is 1.04. The zero-order valence-electron chi connectivity index (χ0n) is 5.91. The number of aromatic nitrogens is 2. The van der Waals surface area contributed by atoms with Gasteiger partial charge in [0.25, 0.3) is 0 Å². The fraction of sp³-hybridized carbons (Fsp3) is 0. The van der Waals surface area contributed by atoms with Crippen LogP contribution in [0.5, 0.6) is 0 Å². The highest BCUT2D eigenvalue weighted by molar-refractivity contribution is 6.29. The Morgan fingerprint density at radius 2 is 2.17 bits per heavy atom. The van der Waals surface area contributed by atoms with E-state index in [1.807, 2.05) is 0 Å². The van der Waals surface area contributed by atoms with Gasteiger partial charge in [-0.3, -0.25) is 0 Å². The van der Waals surface area contributed by atoms with E-state index >= 15 is 0 Å². The van der Waals surface area contributed by atoms with Crippen LogP contribution in [0, 0.1) is 5.21 Å². The van der Waals surface area contributed by atoms with E-state index in [1.165, 1.54) is 12.4 Å².